The predicted octanol–water partition coefficient (Wildman–Crippen LogP) is 7.02. The third kappa shape index (κ3) is 6.92. The van der Waals surface area contributed by atoms with Gasteiger partial charge in [0, 0.05) is 12.5 Å². The fourth-order valence-electron chi connectivity index (χ4n) is 4.45. The van der Waals surface area contributed by atoms with Crippen LogP contribution in [0.2, 0.25) is 0 Å². The number of rotatable bonds is 10. The molecule has 1 aliphatic heterocycles. The van der Waals surface area contributed by atoms with Crippen molar-refractivity contribution in [2.45, 2.75) is 32.5 Å². The van der Waals surface area contributed by atoms with Gasteiger partial charge in [-0.05, 0) is 54.0 Å². The van der Waals surface area contributed by atoms with Gasteiger partial charge in [0.1, 0.15) is 28.0 Å². The van der Waals surface area contributed by atoms with E-state index in [1.165, 1.54) is 12.1 Å². The van der Waals surface area contributed by atoms with Crippen LogP contribution in [-0.2, 0) is 17.7 Å². The fraction of sp³-hybridized carbons (Fsp3) is 0.167. The first-order valence-corrected chi connectivity index (χ1v) is 14.4. The van der Waals surface area contributed by atoms with Crippen molar-refractivity contribution in [3.05, 3.63) is 130 Å². The molecule has 0 fully saturated rings. The molecule has 0 amide bonds. The highest BCUT2D eigenvalue weighted by Gasteiger charge is 2.34. The number of nitro groups is 1. The van der Waals surface area contributed by atoms with Gasteiger partial charge in [-0.25, -0.2) is 4.57 Å². The van der Waals surface area contributed by atoms with Gasteiger partial charge in [0.2, 0.25) is 0 Å². The zero-order valence-electron chi connectivity index (χ0n) is 22.2. The Bertz CT molecular complexity index is 1560. The maximum absolute atomic E-state index is 14.3. The molecule has 3 aromatic carbocycles. The molecule has 11 heteroatoms. The average Bonchev–Trinajstić information content (AvgIpc) is 3.45. The largest absolute Gasteiger partial charge is 0.564 e. The molecular formula is C30H28N3O7P. The van der Waals surface area contributed by atoms with E-state index in [0.29, 0.717) is 23.1 Å². The first-order valence-electron chi connectivity index (χ1n) is 12.9. The number of hydrogen-bond donors (Lipinski definition) is 1. The van der Waals surface area contributed by atoms with Crippen LogP contribution in [0.1, 0.15) is 30.2 Å². The lowest BCUT2D eigenvalue weighted by molar-refractivity contribution is -0.402. The maximum Gasteiger partial charge on any atom is 0.564 e. The lowest BCUT2D eigenvalue weighted by Crippen LogP contribution is -2.40. The van der Waals surface area contributed by atoms with Crippen LogP contribution in [0.5, 0.6) is 11.5 Å². The molecule has 0 spiro atoms. The lowest BCUT2D eigenvalue weighted by Gasteiger charge is -2.35. The van der Waals surface area contributed by atoms with Crippen LogP contribution in [0, 0.1) is 10.1 Å². The monoisotopic (exact) mass is 573 g/mol. The molecule has 0 bridgehead atoms. The molecule has 0 saturated heterocycles. The molecule has 41 heavy (non-hydrogen) atoms. The van der Waals surface area contributed by atoms with E-state index >= 15 is 0 Å². The van der Waals surface area contributed by atoms with Gasteiger partial charge in [0.25, 0.3) is 0 Å². The van der Waals surface area contributed by atoms with Crippen LogP contribution in [0.4, 0.5) is 5.88 Å². The zero-order valence-corrected chi connectivity index (χ0v) is 23.1. The molecule has 1 aromatic heterocycles. The highest BCUT2D eigenvalue weighted by molar-refractivity contribution is 7.53. The quantitative estimate of drug-likeness (QED) is 0.122. The lowest BCUT2D eigenvalue weighted by atomic mass is 9.94. The predicted molar refractivity (Wildman–Crippen MR) is 155 cm³/mol. The maximum atomic E-state index is 14.3. The van der Waals surface area contributed by atoms with Gasteiger partial charge in [0.15, 0.2) is 0 Å². The molecule has 0 aliphatic carbocycles. The van der Waals surface area contributed by atoms with E-state index in [0.717, 1.165) is 16.7 Å². The summed E-state index contributed by atoms with van der Waals surface area (Å²) in [6.07, 6.45) is 2.32. The van der Waals surface area contributed by atoms with Crippen molar-refractivity contribution >= 4 is 25.0 Å². The van der Waals surface area contributed by atoms with Crippen molar-refractivity contribution in [1.29, 1.82) is 0 Å². The minimum absolute atomic E-state index is 0.0671. The van der Waals surface area contributed by atoms with Crippen LogP contribution in [-0.4, -0.2) is 26.8 Å². The van der Waals surface area contributed by atoms with E-state index in [1.54, 1.807) is 48.5 Å². The minimum atomic E-state index is -4.19. The summed E-state index contributed by atoms with van der Waals surface area (Å²) in [4.78, 5) is 12.5. The van der Waals surface area contributed by atoms with Crippen molar-refractivity contribution in [3.63, 3.8) is 0 Å². The molecule has 10 nitrogen and oxygen atoms in total. The number of aliphatic hydroxyl groups is 1. The van der Waals surface area contributed by atoms with Crippen LogP contribution in [0.25, 0.3) is 5.57 Å². The standard InChI is InChI=1S/C30H28N3O7P/c1-22-18-25(24-14-12-23(21-34)13-15-24)19-29(32(22)20-28-16-17-30(38-28)33(35)36)31-41(37,39-26-8-4-2-5-9-26)40-27-10-6-3-7-11-27/h2-18,22,34H,19-21H2,1H3/b31-29-. The number of para-hydroxylation sites is 2. The molecule has 4 aromatic rings. The highest BCUT2D eigenvalue weighted by atomic mass is 31.2. The minimum Gasteiger partial charge on any atom is -0.404 e. The molecule has 1 N–H and O–H groups in total. The first-order chi connectivity index (χ1) is 19.8. The Kier molecular flexibility index (Phi) is 8.33. The Hall–Kier alpha value is -4.66. The van der Waals surface area contributed by atoms with Gasteiger partial charge < -0.3 is 23.5 Å². The summed E-state index contributed by atoms with van der Waals surface area (Å²) >= 11 is 0. The van der Waals surface area contributed by atoms with Crippen molar-refractivity contribution in [2.75, 3.05) is 0 Å². The third-order valence-corrected chi connectivity index (χ3v) is 7.80. The van der Waals surface area contributed by atoms with Crippen LogP contribution in [0.15, 0.2) is 112 Å². The molecule has 5 rings (SSSR count). The number of nitrogens with zero attached hydrogens (tertiary/aromatic N) is 3. The average molecular weight is 574 g/mol. The number of furan rings is 1. The van der Waals surface area contributed by atoms with E-state index in [2.05, 4.69) is 4.76 Å². The smallest absolute Gasteiger partial charge is 0.404 e. The summed E-state index contributed by atoms with van der Waals surface area (Å²) in [6, 6.07) is 27.4. The summed E-state index contributed by atoms with van der Waals surface area (Å²) in [5, 5.41) is 20.6. The molecule has 1 atom stereocenters. The van der Waals surface area contributed by atoms with E-state index < -0.39 is 12.7 Å². The van der Waals surface area contributed by atoms with E-state index in [9.17, 15) is 19.8 Å². The van der Waals surface area contributed by atoms with E-state index in [4.69, 9.17) is 13.5 Å². The van der Waals surface area contributed by atoms with Gasteiger partial charge in [-0.3, -0.25) is 10.1 Å². The van der Waals surface area contributed by atoms with Gasteiger partial charge in [0.05, 0.1) is 19.2 Å². The van der Waals surface area contributed by atoms with Crippen molar-refractivity contribution < 1.29 is 28.1 Å². The second-order valence-corrected chi connectivity index (χ2v) is 10.9. The number of amidine groups is 1. The van der Waals surface area contributed by atoms with Crippen molar-refractivity contribution in [1.82, 2.24) is 4.90 Å². The van der Waals surface area contributed by atoms with Gasteiger partial charge >= 0.3 is 13.6 Å². The number of aliphatic hydroxyl groups excluding tert-OH is 1. The topological polar surface area (TPSA) is 128 Å². The molecule has 1 unspecified atom stereocenters. The Labute approximate surface area is 236 Å². The summed E-state index contributed by atoms with van der Waals surface area (Å²) < 4.78 is 36.2. The number of benzene rings is 3. The Morgan fingerprint density at radius 2 is 1.59 bits per heavy atom. The molecule has 210 valence electrons. The second-order valence-electron chi connectivity index (χ2n) is 9.38. The molecule has 1 aliphatic rings. The van der Waals surface area contributed by atoms with Gasteiger partial charge in [-0.15, -0.1) is 4.76 Å². The van der Waals surface area contributed by atoms with Crippen LogP contribution < -0.4 is 9.05 Å². The second kappa shape index (κ2) is 12.2. The molecule has 0 radical (unpaired) electrons. The SMILES string of the molecule is CC1C=C(c2ccc(CO)cc2)C/C(=N/P(=O)(Oc2ccccc2)Oc2ccccc2)N1Cc1ccc([N+](=O)[O-])o1. The van der Waals surface area contributed by atoms with Crippen molar-refractivity contribution in [2.24, 2.45) is 4.76 Å². The van der Waals surface area contributed by atoms with Gasteiger partial charge in [-0.1, -0.05) is 66.7 Å². The zero-order chi connectivity index (χ0) is 28.8. The summed E-state index contributed by atoms with van der Waals surface area (Å²) in [5.74, 6) is 1.03. The molecular weight excluding hydrogens is 545 g/mol. The summed E-state index contributed by atoms with van der Waals surface area (Å²) in [7, 11) is -4.19. The number of hydrogen-bond acceptors (Lipinski definition) is 7. The Morgan fingerprint density at radius 1 is 0.976 bits per heavy atom. The van der Waals surface area contributed by atoms with Crippen molar-refractivity contribution in [3.8, 4) is 11.5 Å². The van der Waals surface area contributed by atoms with E-state index in [1.807, 2.05) is 54.3 Å². The molecule has 2 heterocycles. The fourth-order valence-corrected chi connectivity index (χ4v) is 5.81. The Morgan fingerprint density at radius 3 is 2.12 bits per heavy atom. The normalized spacial score (nSPS) is 16.3. The first kappa shape index (κ1) is 27.9. The third-order valence-electron chi connectivity index (χ3n) is 6.44. The van der Waals surface area contributed by atoms with E-state index in [-0.39, 0.29) is 31.5 Å². The highest BCUT2D eigenvalue weighted by Crippen LogP contribution is 2.51. The van der Waals surface area contributed by atoms with Crippen LogP contribution >= 0.6 is 7.75 Å². The Balaban J connectivity index is 1.56. The van der Waals surface area contributed by atoms with Gasteiger partial charge in [-0.2, -0.15) is 0 Å². The summed E-state index contributed by atoms with van der Waals surface area (Å²) in [6.45, 7) is 2.01. The summed E-state index contributed by atoms with van der Waals surface area (Å²) in [5.41, 5.74) is 2.62. The molecule has 0 saturated carbocycles. The van der Waals surface area contributed by atoms with Crippen LogP contribution in [0.3, 0.4) is 0 Å².